The SMILES string of the molecule is O=CC(C=CO)c1ccc(O)c(O)c1. The number of carbonyl (C=O) groups excluding carboxylic acids is 1. The predicted octanol–water partition coefficient (Wildman–Crippen LogP) is 1.45. The molecule has 14 heavy (non-hydrogen) atoms. The molecule has 0 aliphatic carbocycles. The van der Waals surface area contributed by atoms with Gasteiger partial charge in [0.1, 0.15) is 6.29 Å². The van der Waals surface area contributed by atoms with E-state index in [2.05, 4.69) is 0 Å². The zero-order valence-electron chi connectivity index (χ0n) is 7.29. The molecule has 0 fully saturated rings. The van der Waals surface area contributed by atoms with Crippen LogP contribution in [0.4, 0.5) is 0 Å². The third-order valence-corrected chi connectivity index (χ3v) is 1.82. The van der Waals surface area contributed by atoms with Crippen LogP contribution >= 0.6 is 0 Å². The Labute approximate surface area is 80.7 Å². The summed E-state index contributed by atoms with van der Waals surface area (Å²) in [5, 5.41) is 26.7. The van der Waals surface area contributed by atoms with E-state index in [1.54, 1.807) is 0 Å². The first-order valence-corrected chi connectivity index (χ1v) is 3.97. The Bertz CT molecular complexity index is 357. The molecule has 0 aromatic heterocycles. The number of benzene rings is 1. The number of rotatable bonds is 3. The van der Waals surface area contributed by atoms with Crippen LogP contribution in [0, 0.1) is 0 Å². The van der Waals surface area contributed by atoms with E-state index in [0.29, 0.717) is 11.8 Å². The van der Waals surface area contributed by atoms with Crippen molar-refractivity contribution in [3.63, 3.8) is 0 Å². The zero-order valence-corrected chi connectivity index (χ0v) is 7.29. The molecule has 1 aromatic carbocycles. The van der Waals surface area contributed by atoms with Crippen LogP contribution in [-0.4, -0.2) is 21.6 Å². The van der Waals surface area contributed by atoms with Crippen LogP contribution in [0.15, 0.2) is 30.5 Å². The monoisotopic (exact) mass is 194 g/mol. The molecule has 4 heteroatoms. The Balaban J connectivity index is 3.05. The van der Waals surface area contributed by atoms with E-state index >= 15 is 0 Å². The number of hydrogen-bond acceptors (Lipinski definition) is 4. The lowest BCUT2D eigenvalue weighted by Gasteiger charge is -2.06. The molecule has 0 aliphatic rings. The molecule has 0 saturated carbocycles. The van der Waals surface area contributed by atoms with Crippen molar-refractivity contribution in [3.8, 4) is 11.5 Å². The molecule has 1 rings (SSSR count). The van der Waals surface area contributed by atoms with Crippen molar-refractivity contribution >= 4 is 6.29 Å². The van der Waals surface area contributed by atoms with Gasteiger partial charge in [0.05, 0.1) is 12.2 Å². The van der Waals surface area contributed by atoms with Crippen LogP contribution in [0.3, 0.4) is 0 Å². The standard InChI is InChI=1S/C10H10O4/c11-4-3-8(6-12)7-1-2-9(13)10(14)5-7/h1-6,8,11,13-14H. The van der Waals surface area contributed by atoms with Gasteiger partial charge in [-0.3, -0.25) is 0 Å². The summed E-state index contributed by atoms with van der Waals surface area (Å²) in [4.78, 5) is 10.6. The molecule has 0 bridgehead atoms. The van der Waals surface area contributed by atoms with Crippen molar-refractivity contribution in [2.24, 2.45) is 0 Å². The van der Waals surface area contributed by atoms with E-state index in [1.165, 1.54) is 24.3 Å². The van der Waals surface area contributed by atoms with Crippen LogP contribution < -0.4 is 0 Å². The van der Waals surface area contributed by atoms with Crippen LogP contribution in [-0.2, 0) is 4.79 Å². The van der Waals surface area contributed by atoms with Crippen molar-refractivity contribution in [2.45, 2.75) is 5.92 Å². The maximum atomic E-state index is 10.6. The van der Waals surface area contributed by atoms with Gasteiger partial charge in [0, 0.05) is 0 Å². The molecule has 1 atom stereocenters. The molecule has 74 valence electrons. The van der Waals surface area contributed by atoms with Gasteiger partial charge in [-0.15, -0.1) is 0 Å². The molecule has 0 spiro atoms. The van der Waals surface area contributed by atoms with Crippen molar-refractivity contribution in [1.82, 2.24) is 0 Å². The second-order valence-electron chi connectivity index (χ2n) is 2.75. The molecule has 1 aromatic rings. The number of phenolic OH excluding ortho intramolecular Hbond substituents is 2. The lowest BCUT2D eigenvalue weighted by atomic mass is 10.0. The minimum Gasteiger partial charge on any atom is -0.516 e. The second-order valence-corrected chi connectivity index (χ2v) is 2.75. The van der Waals surface area contributed by atoms with E-state index in [9.17, 15) is 4.79 Å². The third kappa shape index (κ3) is 2.04. The van der Waals surface area contributed by atoms with Gasteiger partial charge in [-0.1, -0.05) is 6.07 Å². The first kappa shape index (κ1) is 10.1. The highest BCUT2D eigenvalue weighted by Gasteiger charge is 2.09. The van der Waals surface area contributed by atoms with Gasteiger partial charge in [0.15, 0.2) is 11.5 Å². The fourth-order valence-corrected chi connectivity index (χ4v) is 1.08. The van der Waals surface area contributed by atoms with Crippen molar-refractivity contribution in [1.29, 1.82) is 0 Å². The van der Waals surface area contributed by atoms with Gasteiger partial charge in [-0.2, -0.15) is 0 Å². The van der Waals surface area contributed by atoms with Crippen LogP contribution in [0.5, 0.6) is 11.5 Å². The first-order valence-electron chi connectivity index (χ1n) is 3.97. The van der Waals surface area contributed by atoms with E-state index in [1.807, 2.05) is 0 Å². The fourth-order valence-electron chi connectivity index (χ4n) is 1.08. The third-order valence-electron chi connectivity index (χ3n) is 1.82. The number of aliphatic hydroxyl groups excluding tert-OH is 1. The summed E-state index contributed by atoms with van der Waals surface area (Å²) in [6.07, 6.45) is 2.67. The van der Waals surface area contributed by atoms with Crippen molar-refractivity contribution in [3.05, 3.63) is 36.1 Å². The molecule has 4 nitrogen and oxygen atoms in total. The molecule has 0 aliphatic heterocycles. The largest absolute Gasteiger partial charge is 0.516 e. The molecule has 0 radical (unpaired) electrons. The normalized spacial score (nSPS) is 12.9. The number of aldehydes is 1. The highest BCUT2D eigenvalue weighted by atomic mass is 16.3. The number of carbonyl (C=O) groups is 1. The van der Waals surface area contributed by atoms with Gasteiger partial charge in [0.2, 0.25) is 0 Å². The zero-order chi connectivity index (χ0) is 10.6. The quantitative estimate of drug-likeness (QED) is 0.386. The fraction of sp³-hybridized carbons (Fsp3) is 0.100. The van der Waals surface area contributed by atoms with E-state index in [0.717, 1.165) is 6.26 Å². The predicted molar refractivity (Wildman–Crippen MR) is 50.3 cm³/mol. The van der Waals surface area contributed by atoms with Crippen molar-refractivity contribution in [2.75, 3.05) is 0 Å². The molecular formula is C10H10O4. The number of hydrogen-bond donors (Lipinski definition) is 3. The molecule has 0 heterocycles. The summed E-state index contributed by atoms with van der Waals surface area (Å²) >= 11 is 0. The Morgan fingerprint density at radius 2 is 1.93 bits per heavy atom. The lowest BCUT2D eigenvalue weighted by molar-refractivity contribution is -0.108. The molecule has 3 N–H and O–H groups in total. The summed E-state index contributed by atoms with van der Waals surface area (Å²) in [6.45, 7) is 0. The van der Waals surface area contributed by atoms with Gasteiger partial charge in [-0.25, -0.2) is 0 Å². The van der Waals surface area contributed by atoms with Crippen LogP contribution in [0.1, 0.15) is 11.5 Å². The lowest BCUT2D eigenvalue weighted by Crippen LogP contribution is -1.95. The number of aromatic hydroxyl groups is 2. The van der Waals surface area contributed by atoms with Crippen LogP contribution in [0.2, 0.25) is 0 Å². The summed E-state index contributed by atoms with van der Waals surface area (Å²) in [5.41, 5.74) is 0.501. The number of aliphatic hydroxyl groups is 1. The molecule has 0 saturated heterocycles. The Kier molecular flexibility index (Phi) is 3.12. The first-order chi connectivity index (χ1) is 6.69. The average Bonchev–Trinajstić information content (AvgIpc) is 2.19. The summed E-state index contributed by atoms with van der Waals surface area (Å²) in [5.74, 6) is -1.15. The number of phenols is 2. The maximum Gasteiger partial charge on any atom is 0.157 e. The van der Waals surface area contributed by atoms with Crippen LogP contribution in [0.25, 0.3) is 0 Å². The minimum absolute atomic E-state index is 0.244. The molecule has 1 unspecified atom stereocenters. The average molecular weight is 194 g/mol. The maximum absolute atomic E-state index is 10.6. The van der Waals surface area contributed by atoms with Crippen molar-refractivity contribution < 1.29 is 20.1 Å². The Morgan fingerprint density at radius 1 is 1.21 bits per heavy atom. The Morgan fingerprint density at radius 3 is 2.43 bits per heavy atom. The van der Waals surface area contributed by atoms with Gasteiger partial charge in [0.25, 0.3) is 0 Å². The van der Waals surface area contributed by atoms with E-state index in [4.69, 9.17) is 15.3 Å². The van der Waals surface area contributed by atoms with E-state index < -0.39 is 5.92 Å². The highest BCUT2D eigenvalue weighted by molar-refractivity contribution is 5.66. The highest BCUT2D eigenvalue weighted by Crippen LogP contribution is 2.28. The van der Waals surface area contributed by atoms with E-state index in [-0.39, 0.29) is 11.5 Å². The molecular weight excluding hydrogens is 184 g/mol. The Hall–Kier alpha value is -1.97. The van der Waals surface area contributed by atoms with Gasteiger partial charge in [-0.05, 0) is 23.8 Å². The number of allylic oxidation sites excluding steroid dienone is 1. The second kappa shape index (κ2) is 4.32. The molecule has 0 amide bonds. The topological polar surface area (TPSA) is 77.8 Å². The summed E-state index contributed by atoms with van der Waals surface area (Å²) < 4.78 is 0. The van der Waals surface area contributed by atoms with Gasteiger partial charge >= 0.3 is 0 Å². The smallest absolute Gasteiger partial charge is 0.157 e. The summed E-state index contributed by atoms with van der Waals surface area (Å²) in [7, 11) is 0. The minimum atomic E-state index is -0.619. The van der Waals surface area contributed by atoms with Gasteiger partial charge < -0.3 is 20.1 Å². The summed E-state index contributed by atoms with van der Waals surface area (Å²) in [6, 6.07) is 4.05.